The van der Waals surface area contributed by atoms with Crippen molar-refractivity contribution in [2.45, 2.75) is 13.0 Å². The summed E-state index contributed by atoms with van der Waals surface area (Å²) in [6, 6.07) is 0.0509. The maximum absolute atomic E-state index is 5.22. The van der Waals surface area contributed by atoms with Crippen LogP contribution in [0.1, 0.15) is 6.92 Å². The van der Waals surface area contributed by atoms with Gasteiger partial charge < -0.3 is 10.5 Å². The van der Waals surface area contributed by atoms with Crippen LogP contribution in [0.15, 0.2) is 0 Å². The predicted molar refractivity (Wildman–Crippen MR) is 25.0 cm³/mol. The van der Waals surface area contributed by atoms with Gasteiger partial charge in [-0.15, -0.1) is 0 Å². The van der Waals surface area contributed by atoms with E-state index in [4.69, 9.17) is 5.73 Å². The van der Waals surface area contributed by atoms with E-state index in [0.717, 1.165) is 0 Å². The monoisotopic (exact) mass is 88.1 g/mol. The van der Waals surface area contributed by atoms with Crippen molar-refractivity contribution in [1.29, 1.82) is 0 Å². The number of nitrogens with two attached hydrogens (primary N) is 1. The lowest BCUT2D eigenvalue weighted by molar-refractivity contribution is 0.256. The summed E-state index contributed by atoms with van der Waals surface area (Å²) >= 11 is 0. The first kappa shape index (κ1) is 5.92. The van der Waals surface area contributed by atoms with Crippen LogP contribution in [-0.2, 0) is 4.74 Å². The lowest BCUT2D eigenvalue weighted by atomic mass is 10.4. The Morgan fingerprint density at radius 2 is 2.33 bits per heavy atom. The number of hydrogen-bond acceptors (Lipinski definition) is 2. The third kappa shape index (κ3) is 3.92. The van der Waals surface area contributed by atoms with Gasteiger partial charge in [-0.1, -0.05) is 0 Å². The number of rotatable bonds is 2. The molecule has 0 aliphatic heterocycles. The molecule has 0 bridgehead atoms. The summed E-state index contributed by atoms with van der Waals surface area (Å²) in [5, 5.41) is 0. The van der Waals surface area contributed by atoms with Gasteiger partial charge in [0.2, 0.25) is 0 Å². The number of methoxy groups -OCH3 is 1. The molecule has 37 valence electrons. The number of ether oxygens (including phenoxy) is 1. The van der Waals surface area contributed by atoms with Gasteiger partial charge >= 0.3 is 0 Å². The summed E-state index contributed by atoms with van der Waals surface area (Å²) in [7, 11) is 1.59. The zero-order valence-electron chi connectivity index (χ0n) is 4.14. The molecule has 0 rings (SSSR count). The molecule has 0 saturated heterocycles. The van der Waals surface area contributed by atoms with E-state index >= 15 is 0 Å². The predicted octanol–water partition coefficient (Wildman–Crippen LogP) is 0.142. The number of hydrogen-bond donors (Lipinski definition) is 1. The third-order valence-corrected chi connectivity index (χ3v) is 0.351. The van der Waals surface area contributed by atoms with E-state index in [1.165, 1.54) is 0 Å². The molecule has 2 N–H and O–H groups in total. The van der Waals surface area contributed by atoms with Crippen LogP contribution in [-0.4, -0.2) is 13.2 Å². The highest BCUT2D eigenvalue weighted by Crippen LogP contribution is 1.79. The molecule has 0 aliphatic carbocycles. The van der Waals surface area contributed by atoms with Crippen molar-refractivity contribution in [1.82, 2.24) is 0 Å². The second-order valence-electron chi connectivity index (χ2n) is 1.23. The average molecular weight is 88.1 g/mol. The standard InChI is InChI=1S/C4H10NO/c1-4(5)3-6-2/h3-4H,5H2,1-2H3/t4-/m0/s1. The van der Waals surface area contributed by atoms with E-state index in [1.807, 2.05) is 6.92 Å². The molecule has 0 heterocycles. The first-order chi connectivity index (χ1) is 2.77. The molecular weight excluding hydrogens is 78.0 g/mol. The van der Waals surface area contributed by atoms with E-state index in [1.54, 1.807) is 13.7 Å². The lowest BCUT2D eigenvalue weighted by Crippen LogP contribution is -2.15. The third-order valence-electron chi connectivity index (χ3n) is 0.351. The minimum Gasteiger partial charge on any atom is -0.377 e. The highest BCUT2D eigenvalue weighted by Gasteiger charge is 1.87. The summed E-state index contributed by atoms with van der Waals surface area (Å²) in [6.07, 6.45) is 0. The van der Waals surface area contributed by atoms with Crippen molar-refractivity contribution in [3.63, 3.8) is 0 Å². The molecule has 1 atom stereocenters. The Labute approximate surface area is 38.3 Å². The fourth-order valence-electron chi connectivity index (χ4n) is 0.215. The van der Waals surface area contributed by atoms with Gasteiger partial charge in [0.05, 0.1) is 6.61 Å². The summed E-state index contributed by atoms with van der Waals surface area (Å²) in [4.78, 5) is 0. The van der Waals surface area contributed by atoms with Crippen molar-refractivity contribution in [3.05, 3.63) is 6.61 Å². The van der Waals surface area contributed by atoms with E-state index in [-0.39, 0.29) is 6.04 Å². The van der Waals surface area contributed by atoms with E-state index in [9.17, 15) is 0 Å². The largest absolute Gasteiger partial charge is 0.377 e. The molecule has 0 aromatic heterocycles. The first-order valence-corrected chi connectivity index (χ1v) is 1.89. The first-order valence-electron chi connectivity index (χ1n) is 1.89. The zero-order valence-corrected chi connectivity index (χ0v) is 4.14. The molecule has 0 fully saturated rings. The van der Waals surface area contributed by atoms with Crippen LogP contribution >= 0.6 is 0 Å². The van der Waals surface area contributed by atoms with Crippen LogP contribution in [0.4, 0.5) is 0 Å². The van der Waals surface area contributed by atoms with Gasteiger partial charge in [0.15, 0.2) is 0 Å². The summed E-state index contributed by atoms with van der Waals surface area (Å²) in [6.45, 7) is 3.42. The zero-order chi connectivity index (χ0) is 4.99. The second-order valence-corrected chi connectivity index (χ2v) is 1.23. The summed E-state index contributed by atoms with van der Waals surface area (Å²) < 4.78 is 4.55. The topological polar surface area (TPSA) is 35.2 Å². The van der Waals surface area contributed by atoms with E-state index < -0.39 is 0 Å². The average Bonchev–Trinajstić information content (AvgIpc) is 1.35. The van der Waals surface area contributed by atoms with Gasteiger partial charge in [0.1, 0.15) is 0 Å². The van der Waals surface area contributed by atoms with Crippen molar-refractivity contribution in [2.75, 3.05) is 7.11 Å². The molecule has 1 radical (unpaired) electrons. The molecule has 0 aromatic carbocycles. The van der Waals surface area contributed by atoms with E-state index in [0.29, 0.717) is 0 Å². The Hall–Kier alpha value is -0.0800. The van der Waals surface area contributed by atoms with Gasteiger partial charge in [0, 0.05) is 13.2 Å². The summed E-state index contributed by atoms with van der Waals surface area (Å²) in [5.74, 6) is 0. The molecule has 0 aliphatic rings. The van der Waals surface area contributed by atoms with Crippen LogP contribution in [0.25, 0.3) is 0 Å². The molecule has 0 spiro atoms. The van der Waals surface area contributed by atoms with Crippen LogP contribution in [0.5, 0.6) is 0 Å². The minimum absolute atomic E-state index is 0.0509. The fraction of sp³-hybridized carbons (Fsp3) is 0.750. The molecule has 0 amide bonds. The van der Waals surface area contributed by atoms with Crippen molar-refractivity contribution < 1.29 is 4.74 Å². The van der Waals surface area contributed by atoms with Crippen molar-refractivity contribution in [2.24, 2.45) is 5.73 Å². The lowest BCUT2D eigenvalue weighted by Gasteiger charge is -1.97. The molecule has 0 saturated carbocycles. The highest BCUT2D eigenvalue weighted by atomic mass is 16.5. The molecule has 2 nitrogen and oxygen atoms in total. The Bertz CT molecular complexity index is 28.7. The SMILES string of the molecule is CO[CH][C@H](C)N. The quantitative estimate of drug-likeness (QED) is 0.521. The maximum atomic E-state index is 5.22. The Morgan fingerprint density at radius 3 is 2.33 bits per heavy atom. The normalized spacial score (nSPS) is 14.5. The second kappa shape index (κ2) is 3.12. The van der Waals surface area contributed by atoms with Crippen LogP contribution in [0, 0.1) is 6.61 Å². The molecule has 0 aromatic rings. The van der Waals surface area contributed by atoms with Gasteiger partial charge in [-0.3, -0.25) is 0 Å². The minimum atomic E-state index is 0.0509. The molecule has 0 unspecified atom stereocenters. The van der Waals surface area contributed by atoms with Crippen molar-refractivity contribution >= 4 is 0 Å². The molecule has 2 heteroatoms. The van der Waals surface area contributed by atoms with Gasteiger partial charge in [0.25, 0.3) is 0 Å². The van der Waals surface area contributed by atoms with Gasteiger partial charge in [-0.2, -0.15) is 0 Å². The van der Waals surface area contributed by atoms with Crippen LogP contribution < -0.4 is 5.73 Å². The van der Waals surface area contributed by atoms with Crippen molar-refractivity contribution in [3.8, 4) is 0 Å². The molecule has 6 heavy (non-hydrogen) atoms. The fourth-order valence-corrected chi connectivity index (χ4v) is 0.215. The van der Waals surface area contributed by atoms with Crippen LogP contribution in [0.3, 0.4) is 0 Å². The molecular formula is C4H10NO. The van der Waals surface area contributed by atoms with E-state index in [2.05, 4.69) is 4.74 Å². The highest BCUT2D eigenvalue weighted by molar-refractivity contribution is 4.61. The van der Waals surface area contributed by atoms with Gasteiger partial charge in [-0.25, -0.2) is 0 Å². The van der Waals surface area contributed by atoms with Crippen LogP contribution in [0.2, 0.25) is 0 Å². The van der Waals surface area contributed by atoms with Gasteiger partial charge in [-0.05, 0) is 6.92 Å². The maximum Gasteiger partial charge on any atom is 0.0995 e. The smallest absolute Gasteiger partial charge is 0.0995 e. The Balaban J connectivity index is 2.63. The summed E-state index contributed by atoms with van der Waals surface area (Å²) in [5.41, 5.74) is 5.22. The Kier molecular flexibility index (Phi) is 3.08. The Morgan fingerprint density at radius 1 is 1.83 bits per heavy atom.